The maximum Gasteiger partial charge on any atom is 0.309 e. The van der Waals surface area contributed by atoms with Crippen molar-refractivity contribution in [3.8, 4) is 6.07 Å². The van der Waals surface area contributed by atoms with Crippen LogP contribution in [0.3, 0.4) is 0 Å². The minimum Gasteiger partial charge on any atom is -0.469 e. The Balaban J connectivity index is 1.95. The molecular formula is C12H17N3O3. The second-order valence-corrected chi connectivity index (χ2v) is 4.87. The van der Waals surface area contributed by atoms with E-state index >= 15 is 0 Å². The molecule has 0 aromatic rings. The summed E-state index contributed by atoms with van der Waals surface area (Å²) in [5.41, 5.74) is 5.89. The van der Waals surface area contributed by atoms with Gasteiger partial charge in [0.2, 0.25) is 5.91 Å². The Kier molecular flexibility index (Phi) is 3.53. The second kappa shape index (κ2) is 4.94. The Morgan fingerprint density at radius 1 is 1.56 bits per heavy atom. The number of methoxy groups -OCH3 is 1. The van der Waals surface area contributed by atoms with Crippen LogP contribution in [0.25, 0.3) is 0 Å². The third-order valence-electron chi connectivity index (χ3n) is 3.78. The number of nitrogens with zero attached hydrogens (tertiary/aromatic N) is 2. The monoisotopic (exact) mass is 251 g/mol. The minimum atomic E-state index is -0.692. The van der Waals surface area contributed by atoms with E-state index in [0.717, 1.165) is 6.42 Å². The van der Waals surface area contributed by atoms with E-state index in [1.807, 2.05) is 0 Å². The van der Waals surface area contributed by atoms with Crippen LogP contribution in [-0.2, 0) is 14.3 Å². The van der Waals surface area contributed by atoms with Crippen LogP contribution in [0.1, 0.15) is 19.3 Å². The van der Waals surface area contributed by atoms with Gasteiger partial charge in [-0.15, -0.1) is 0 Å². The zero-order valence-corrected chi connectivity index (χ0v) is 10.3. The van der Waals surface area contributed by atoms with Gasteiger partial charge in [0, 0.05) is 6.54 Å². The van der Waals surface area contributed by atoms with Crippen molar-refractivity contribution >= 4 is 11.9 Å². The maximum absolute atomic E-state index is 12.2. The molecule has 0 radical (unpaired) electrons. The van der Waals surface area contributed by atoms with Gasteiger partial charge in [-0.05, 0) is 25.2 Å². The fourth-order valence-corrected chi connectivity index (χ4v) is 2.57. The van der Waals surface area contributed by atoms with Gasteiger partial charge in [0.25, 0.3) is 0 Å². The van der Waals surface area contributed by atoms with Crippen LogP contribution in [0.5, 0.6) is 0 Å². The molecule has 4 atom stereocenters. The molecule has 0 aromatic heterocycles. The zero-order chi connectivity index (χ0) is 13.3. The van der Waals surface area contributed by atoms with Gasteiger partial charge in [-0.3, -0.25) is 9.59 Å². The van der Waals surface area contributed by atoms with E-state index in [-0.39, 0.29) is 29.8 Å². The van der Waals surface area contributed by atoms with Crippen LogP contribution in [0, 0.1) is 23.2 Å². The van der Waals surface area contributed by atoms with Crippen molar-refractivity contribution in [3.05, 3.63) is 0 Å². The molecule has 2 aliphatic rings. The van der Waals surface area contributed by atoms with Crippen LogP contribution in [0.4, 0.5) is 0 Å². The highest BCUT2D eigenvalue weighted by Gasteiger charge is 2.51. The molecule has 1 amide bonds. The number of carbonyl (C=O) groups is 2. The summed E-state index contributed by atoms with van der Waals surface area (Å²) in [6.45, 7) is 0.584. The predicted molar refractivity (Wildman–Crippen MR) is 61.9 cm³/mol. The number of hydrogen-bond acceptors (Lipinski definition) is 5. The summed E-state index contributed by atoms with van der Waals surface area (Å²) < 4.78 is 4.63. The van der Waals surface area contributed by atoms with Gasteiger partial charge < -0.3 is 15.4 Å². The maximum atomic E-state index is 12.2. The number of rotatable bonds is 3. The third-order valence-corrected chi connectivity index (χ3v) is 3.78. The van der Waals surface area contributed by atoms with Crippen molar-refractivity contribution in [2.45, 2.75) is 31.3 Å². The van der Waals surface area contributed by atoms with Crippen molar-refractivity contribution in [2.75, 3.05) is 13.7 Å². The molecule has 1 aliphatic heterocycles. The van der Waals surface area contributed by atoms with Gasteiger partial charge in [0.15, 0.2) is 0 Å². The molecule has 0 aromatic carbocycles. The summed E-state index contributed by atoms with van der Waals surface area (Å²) in [4.78, 5) is 25.0. The fraction of sp³-hybridized carbons (Fsp3) is 0.750. The number of esters is 1. The second-order valence-electron chi connectivity index (χ2n) is 4.87. The number of ether oxygens (including phenoxy) is 1. The van der Waals surface area contributed by atoms with E-state index in [2.05, 4.69) is 10.8 Å². The number of likely N-dealkylation sites (tertiary alicyclic amines) is 1. The molecule has 4 unspecified atom stereocenters. The molecule has 0 spiro atoms. The molecule has 18 heavy (non-hydrogen) atoms. The molecule has 1 heterocycles. The normalized spacial score (nSPS) is 31.6. The summed E-state index contributed by atoms with van der Waals surface area (Å²) in [5, 5.41) is 8.94. The van der Waals surface area contributed by atoms with Gasteiger partial charge >= 0.3 is 5.97 Å². The van der Waals surface area contributed by atoms with E-state index in [9.17, 15) is 9.59 Å². The van der Waals surface area contributed by atoms with E-state index in [1.165, 1.54) is 12.0 Å². The summed E-state index contributed by atoms with van der Waals surface area (Å²) in [6.07, 6.45) is 2.15. The lowest BCUT2D eigenvalue weighted by atomic mass is 10.1. The quantitative estimate of drug-likeness (QED) is 0.691. The number of hydrogen-bond donors (Lipinski definition) is 1. The van der Waals surface area contributed by atoms with E-state index in [1.54, 1.807) is 0 Å². The van der Waals surface area contributed by atoms with Gasteiger partial charge in [-0.2, -0.15) is 5.26 Å². The molecule has 2 N–H and O–H groups in total. The van der Waals surface area contributed by atoms with Crippen LogP contribution in [-0.4, -0.2) is 42.5 Å². The summed E-state index contributed by atoms with van der Waals surface area (Å²) >= 11 is 0. The largest absolute Gasteiger partial charge is 0.469 e. The van der Waals surface area contributed by atoms with Crippen molar-refractivity contribution in [1.82, 2.24) is 4.90 Å². The number of nitrogens with two attached hydrogens (primary N) is 1. The third kappa shape index (κ3) is 2.18. The fourth-order valence-electron chi connectivity index (χ4n) is 2.57. The predicted octanol–water partition coefficient (Wildman–Crippen LogP) is -0.363. The number of amides is 1. The van der Waals surface area contributed by atoms with Crippen molar-refractivity contribution in [1.29, 1.82) is 5.26 Å². The van der Waals surface area contributed by atoms with Gasteiger partial charge in [-0.25, -0.2) is 0 Å². The highest BCUT2D eigenvalue weighted by molar-refractivity contribution is 5.85. The summed E-state index contributed by atoms with van der Waals surface area (Å²) in [6, 6.07) is 1.06. The molecule has 1 saturated heterocycles. The van der Waals surface area contributed by atoms with Gasteiger partial charge in [0.1, 0.15) is 6.04 Å². The smallest absolute Gasteiger partial charge is 0.309 e. The van der Waals surface area contributed by atoms with Crippen LogP contribution in [0.2, 0.25) is 0 Å². The first-order valence-corrected chi connectivity index (χ1v) is 6.13. The Hall–Kier alpha value is -1.61. The Labute approximate surface area is 106 Å². The molecule has 98 valence electrons. The molecule has 0 bridgehead atoms. The lowest BCUT2D eigenvalue weighted by Gasteiger charge is -2.23. The van der Waals surface area contributed by atoms with E-state index in [0.29, 0.717) is 19.4 Å². The van der Waals surface area contributed by atoms with Gasteiger partial charge in [0.05, 0.1) is 25.1 Å². The lowest BCUT2D eigenvalue weighted by molar-refractivity contribution is -0.142. The summed E-state index contributed by atoms with van der Waals surface area (Å²) in [5.74, 6) is -0.904. The molecule has 2 fully saturated rings. The average Bonchev–Trinajstić information content (AvgIpc) is 3.05. The standard InChI is InChI=1S/C12H17N3O3/c1-18-12(17)9-5-8(9)10(14)11(16)15-4-2-3-7(15)6-13/h7-10H,2-5,14H2,1H3. The Morgan fingerprint density at radius 2 is 2.28 bits per heavy atom. The first-order chi connectivity index (χ1) is 8.60. The van der Waals surface area contributed by atoms with E-state index < -0.39 is 6.04 Å². The van der Waals surface area contributed by atoms with E-state index in [4.69, 9.17) is 11.0 Å². The molecule has 6 nitrogen and oxygen atoms in total. The molecule has 1 aliphatic carbocycles. The minimum absolute atomic E-state index is 0.134. The average molecular weight is 251 g/mol. The number of carbonyl (C=O) groups excluding carboxylic acids is 2. The highest BCUT2D eigenvalue weighted by atomic mass is 16.5. The Morgan fingerprint density at radius 3 is 2.89 bits per heavy atom. The number of nitriles is 1. The molecule has 2 rings (SSSR count). The molecule has 1 saturated carbocycles. The highest BCUT2D eigenvalue weighted by Crippen LogP contribution is 2.42. The first-order valence-electron chi connectivity index (χ1n) is 6.13. The lowest BCUT2D eigenvalue weighted by Crippen LogP contribution is -2.47. The summed E-state index contributed by atoms with van der Waals surface area (Å²) in [7, 11) is 1.33. The first kappa shape index (κ1) is 12.8. The van der Waals surface area contributed by atoms with Crippen LogP contribution in [0.15, 0.2) is 0 Å². The van der Waals surface area contributed by atoms with Gasteiger partial charge in [-0.1, -0.05) is 0 Å². The topological polar surface area (TPSA) is 96.4 Å². The molecule has 6 heteroatoms. The SMILES string of the molecule is COC(=O)C1CC1C(N)C(=O)N1CCCC1C#N. The van der Waals surface area contributed by atoms with Crippen molar-refractivity contribution in [3.63, 3.8) is 0 Å². The Bertz CT molecular complexity index is 404. The van der Waals surface area contributed by atoms with Crippen LogP contribution >= 0.6 is 0 Å². The van der Waals surface area contributed by atoms with Crippen molar-refractivity contribution < 1.29 is 14.3 Å². The molecular weight excluding hydrogens is 234 g/mol. The van der Waals surface area contributed by atoms with Crippen molar-refractivity contribution in [2.24, 2.45) is 17.6 Å². The van der Waals surface area contributed by atoms with Crippen LogP contribution < -0.4 is 5.73 Å². The zero-order valence-electron chi connectivity index (χ0n) is 10.3.